The summed E-state index contributed by atoms with van der Waals surface area (Å²) in [4.78, 5) is 16.3. The maximum atomic E-state index is 12.2. The molecule has 0 atom stereocenters. The molecular formula is C19H25N3O3. The minimum absolute atomic E-state index is 0.162. The first-order chi connectivity index (χ1) is 12.2. The number of carbonyl (C=O) groups excluding carboxylic acids is 1. The molecule has 0 aliphatic carbocycles. The Balaban J connectivity index is 1.74. The van der Waals surface area contributed by atoms with Gasteiger partial charge in [-0.05, 0) is 36.8 Å². The van der Waals surface area contributed by atoms with Gasteiger partial charge in [0.05, 0.1) is 24.9 Å². The summed E-state index contributed by atoms with van der Waals surface area (Å²) in [6, 6.07) is 9.13. The molecule has 0 spiro atoms. The Bertz CT molecular complexity index is 659. The highest BCUT2D eigenvalue weighted by Gasteiger charge is 2.06. The van der Waals surface area contributed by atoms with Crippen molar-refractivity contribution >= 4 is 11.6 Å². The molecule has 2 rings (SSSR count). The first-order valence-electron chi connectivity index (χ1n) is 8.47. The molecule has 0 fully saturated rings. The van der Waals surface area contributed by atoms with Crippen molar-refractivity contribution in [3.8, 4) is 11.5 Å². The van der Waals surface area contributed by atoms with Crippen LogP contribution < -0.4 is 20.1 Å². The quantitative estimate of drug-likeness (QED) is 0.649. The number of carbonyl (C=O) groups is 1. The molecular weight excluding hydrogens is 318 g/mol. The van der Waals surface area contributed by atoms with Crippen LogP contribution in [-0.2, 0) is 0 Å². The van der Waals surface area contributed by atoms with Gasteiger partial charge in [0.1, 0.15) is 18.1 Å². The number of ether oxygens (including phenoxy) is 2. The van der Waals surface area contributed by atoms with Gasteiger partial charge >= 0.3 is 0 Å². The van der Waals surface area contributed by atoms with Gasteiger partial charge < -0.3 is 20.1 Å². The maximum absolute atomic E-state index is 12.2. The van der Waals surface area contributed by atoms with Crippen LogP contribution in [0.3, 0.4) is 0 Å². The number of aromatic nitrogens is 1. The molecule has 0 bridgehead atoms. The van der Waals surface area contributed by atoms with E-state index in [2.05, 4.69) is 22.5 Å². The van der Waals surface area contributed by atoms with Gasteiger partial charge in [0, 0.05) is 18.9 Å². The molecule has 1 aromatic heterocycles. The molecule has 25 heavy (non-hydrogen) atoms. The molecule has 0 unspecified atom stereocenters. The van der Waals surface area contributed by atoms with E-state index in [0.29, 0.717) is 18.7 Å². The minimum atomic E-state index is -0.162. The molecule has 0 radical (unpaired) electrons. The van der Waals surface area contributed by atoms with Crippen LogP contribution in [0.5, 0.6) is 11.5 Å². The van der Waals surface area contributed by atoms with E-state index in [1.165, 1.54) is 0 Å². The Kier molecular flexibility index (Phi) is 7.56. The summed E-state index contributed by atoms with van der Waals surface area (Å²) in [7, 11) is 1.62. The van der Waals surface area contributed by atoms with Crippen molar-refractivity contribution in [3.63, 3.8) is 0 Å². The van der Waals surface area contributed by atoms with Crippen molar-refractivity contribution in [3.05, 3.63) is 48.3 Å². The number of hydrogen-bond acceptors (Lipinski definition) is 5. The number of benzene rings is 1. The summed E-state index contributed by atoms with van der Waals surface area (Å²) in [5, 5.41) is 6.09. The van der Waals surface area contributed by atoms with Crippen LogP contribution in [0, 0.1) is 0 Å². The lowest BCUT2D eigenvalue weighted by atomic mass is 10.2. The SMILES string of the molecule is CCCCNc1cncc(C(=O)NCCOc2ccc(OC)cc2)c1. The van der Waals surface area contributed by atoms with Gasteiger partial charge in [0.2, 0.25) is 0 Å². The number of rotatable bonds is 10. The molecule has 0 aliphatic rings. The van der Waals surface area contributed by atoms with Crippen LogP contribution in [0.25, 0.3) is 0 Å². The lowest BCUT2D eigenvalue weighted by molar-refractivity contribution is 0.0946. The van der Waals surface area contributed by atoms with Crippen LogP contribution in [0.2, 0.25) is 0 Å². The lowest BCUT2D eigenvalue weighted by Gasteiger charge is -2.09. The third-order valence-electron chi connectivity index (χ3n) is 3.58. The number of nitrogens with zero attached hydrogens (tertiary/aromatic N) is 1. The monoisotopic (exact) mass is 343 g/mol. The Morgan fingerprint density at radius 2 is 1.88 bits per heavy atom. The van der Waals surface area contributed by atoms with Crippen molar-refractivity contribution in [1.82, 2.24) is 10.3 Å². The highest BCUT2D eigenvalue weighted by atomic mass is 16.5. The van der Waals surface area contributed by atoms with Gasteiger partial charge in [-0.15, -0.1) is 0 Å². The summed E-state index contributed by atoms with van der Waals surface area (Å²) in [5.41, 5.74) is 1.39. The standard InChI is InChI=1S/C19H25N3O3/c1-3-4-9-21-16-12-15(13-20-14-16)19(23)22-10-11-25-18-7-5-17(24-2)6-8-18/h5-8,12-14,21H,3-4,9-11H2,1-2H3,(H,22,23). The van der Waals surface area contributed by atoms with E-state index < -0.39 is 0 Å². The first kappa shape index (κ1) is 18.6. The van der Waals surface area contributed by atoms with Crippen molar-refractivity contribution in [2.45, 2.75) is 19.8 Å². The Labute approximate surface area is 148 Å². The van der Waals surface area contributed by atoms with E-state index in [4.69, 9.17) is 9.47 Å². The highest BCUT2D eigenvalue weighted by molar-refractivity contribution is 5.94. The minimum Gasteiger partial charge on any atom is -0.497 e. The molecule has 6 nitrogen and oxygen atoms in total. The largest absolute Gasteiger partial charge is 0.497 e. The Morgan fingerprint density at radius 1 is 1.12 bits per heavy atom. The third-order valence-corrected chi connectivity index (χ3v) is 3.58. The van der Waals surface area contributed by atoms with E-state index in [0.717, 1.165) is 36.6 Å². The fourth-order valence-corrected chi connectivity index (χ4v) is 2.18. The number of hydrogen-bond donors (Lipinski definition) is 2. The average Bonchev–Trinajstić information content (AvgIpc) is 2.66. The fourth-order valence-electron chi connectivity index (χ4n) is 2.18. The maximum Gasteiger partial charge on any atom is 0.253 e. The topological polar surface area (TPSA) is 72.5 Å². The molecule has 1 amide bonds. The molecule has 1 heterocycles. The molecule has 0 aliphatic heterocycles. The molecule has 0 saturated carbocycles. The second-order valence-corrected chi connectivity index (χ2v) is 5.52. The van der Waals surface area contributed by atoms with E-state index >= 15 is 0 Å². The fraction of sp³-hybridized carbons (Fsp3) is 0.368. The number of nitrogens with one attached hydrogen (secondary N) is 2. The van der Waals surface area contributed by atoms with E-state index in [-0.39, 0.29) is 5.91 Å². The summed E-state index contributed by atoms with van der Waals surface area (Å²) in [6.45, 7) is 3.81. The van der Waals surface area contributed by atoms with E-state index in [1.807, 2.05) is 30.3 Å². The predicted molar refractivity (Wildman–Crippen MR) is 98.5 cm³/mol. The number of anilines is 1. The summed E-state index contributed by atoms with van der Waals surface area (Å²) in [6.07, 6.45) is 5.48. The zero-order valence-corrected chi connectivity index (χ0v) is 14.7. The van der Waals surface area contributed by atoms with Crippen LogP contribution in [0.15, 0.2) is 42.7 Å². The number of pyridine rings is 1. The summed E-state index contributed by atoms with van der Waals surface area (Å²) < 4.78 is 10.7. The molecule has 0 saturated heterocycles. The average molecular weight is 343 g/mol. The lowest BCUT2D eigenvalue weighted by Crippen LogP contribution is -2.28. The van der Waals surface area contributed by atoms with Crippen molar-refractivity contribution in [2.24, 2.45) is 0 Å². The van der Waals surface area contributed by atoms with E-state index in [9.17, 15) is 4.79 Å². The van der Waals surface area contributed by atoms with E-state index in [1.54, 1.807) is 19.5 Å². The smallest absolute Gasteiger partial charge is 0.253 e. The summed E-state index contributed by atoms with van der Waals surface area (Å²) in [5.74, 6) is 1.35. The van der Waals surface area contributed by atoms with Gasteiger partial charge in [0.25, 0.3) is 5.91 Å². The predicted octanol–water partition coefficient (Wildman–Crippen LogP) is 3.11. The molecule has 6 heteroatoms. The first-order valence-corrected chi connectivity index (χ1v) is 8.47. The van der Waals surface area contributed by atoms with Crippen LogP contribution in [-0.4, -0.2) is 37.7 Å². The van der Waals surface area contributed by atoms with Crippen molar-refractivity contribution in [1.29, 1.82) is 0 Å². The van der Waals surface area contributed by atoms with Crippen LogP contribution >= 0.6 is 0 Å². The number of unbranched alkanes of at least 4 members (excludes halogenated alkanes) is 1. The molecule has 2 N–H and O–H groups in total. The normalized spacial score (nSPS) is 10.2. The second kappa shape index (κ2) is 10.2. The molecule has 1 aromatic carbocycles. The van der Waals surface area contributed by atoms with Gasteiger partial charge in [-0.25, -0.2) is 0 Å². The van der Waals surface area contributed by atoms with Gasteiger partial charge in [-0.3, -0.25) is 9.78 Å². The van der Waals surface area contributed by atoms with Gasteiger partial charge in [-0.2, -0.15) is 0 Å². The van der Waals surface area contributed by atoms with Gasteiger partial charge in [0.15, 0.2) is 0 Å². The Hall–Kier alpha value is -2.76. The van der Waals surface area contributed by atoms with Crippen LogP contribution in [0.4, 0.5) is 5.69 Å². The Morgan fingerprint density at radius 3 is 2.60 bits per heavy atom. The van der Waals surface area contributed by atoms with Gasteiger partial charge in [-0.1, -0.05) is 13.3 Å². The zero-order chi connectivity index (χ0) is 17.9. The molecule has 2 aromatic rings. The second-order valence-electron chi connectivity index (χ2n) is 5.52. The summed E-state index contributed by atoms with van der Waals surface area (Å²) >= 11 is 0. The number of methoxy groups -OCH3 is 1. The third kappa shape index (κ3) is 6.33. The van der Waals surface area contributed by atoms with Crippen LogP contribution in [0.1, 0.15) is 30.1 Å². The van der Waals surface area contributed by atoms with Crippen molar-refractivity contribution in [2.75, 3.05) is 32.1 Å². The number of amides is 1. The zero-order valence-electron chi connectivity index (χ0n) is 14.7. The molecule has 134 valence electrons. The van der Waals surface area contributed by atoms with Crippen molar-refractivity contribution < 1.29 is 14.3 Å². The highest BCUT2D eigenvalue weighted by Crippen LogP contribution is 2.16.